The summed E-state index contributed by atoms with van der Waals surface area (Å²) in [7, 11) is 0. The summed E-state index contributed by atoms with van der Waals surface area (Å²) in [6.45, 7) is 4.99. The lowest BCUT2D eigenvalue weighted by Crippen LogP contribution is -2.53. The van der Waals surface area contributed by atoms with Crippen molar-refractivity contribution in [2.45, 2.75) is 13.1 Å². The minimum Gasteiger partial charge on any atom is -0.484 e. The predicted molar refractivity (Wildman–Crippen MR) is 129 cm³/mol. The monoisotopic (exact) mass is 440 g/mol. The van der Waals surface area contributed by atoms with E-state index in [1.54, 1.807) is 0 Å². The second kappa shape index (κ2) is 9.46. The molecule has 33 heavy (non-hydrogen) atoms. The minimum atomic E-state index is -0.00489. The number of benzene rings is 3. The molecule has 6 nitrogen and oxygen atoms in total. The minimum absolute atomic E-state index is 0.00489. The lowest BCUT2D eigenvalue weighted by Gasteiger charge is -2.40. The predicted octanol–water partition coefficient (Wildman–Crippen LogP) is 3.57. The van der Waals surface area contributed by atoms with Gasteiger partial charge in [0.2, 0.25) is 0 Å². The van der Waals surface area contributed by atoms with Crippen molar-refractivity contribution >= 4 is 11.6 Å². The van der Waals surface area contributed by atoms with Gasteiger partial charge in [0.05, 0.1) is 5.71 Å². The number of amides is 1. The second-order valence-electron chi connectivity index (χ2n) is 8.46. The van der Waals surface area contributed by atoms with Gasteiger partial charge in [-0.1, -0.05) is 72.3 Å². The third-order valence-corrected chi connectivity index (χ3v) is 6.27. The fourth-order valence-corrected chi connectivity index (χ4v) is 4.40. The number of carbonyl (C=O) groups is 1. The van der Waals surface area contributed by atoms with Crippen LogP contribution in [0.5, 0.6) is 5.75 Å². The highest BCUT2D eigenvalue weighted by atomic mass is 16.5. The summed E-state index contributed by atoms with van der Waals surface area (Å²) in [5.74, 6) is 0.749. The van der Waals surface area contributed by atoms with Crippen molar-refractivity contribution in [1.29, 1.82) is 0 Å². The molecule has 0 aliphatic carbocycles. The Morgan fingerprint density at radius 3 is 2.39 bits per heavy atom. The first kappa shape index (κ1) is 21.2. The van der Waals surface area contributed by atoms with Crippen LogP contribution in [0.25, 0.3) is 0 Å². The van der Waals surface area contributed by atoms with Gasteiger partial charge in [-0.3, -0.25) is 15.1 Å². The fourth-order valence-electron chi connectivity index (χ4n) is 4.40. The van der Waals surface area contributed by atoms with Gasteiger partial charge < -0.3 is 9.64 Å². The second-order valence-corrected chi connectivity index (χ2v) is 8.46. The first-order valence-electron chi connectivity index (χ1n) is 11.4. The zero-order valence-corrected chi connectivity index (χ0v) is 18.8. The highest BCUT2D eigenvalue weighted by Gasteiger charge is 2.31. The zero-order chi connectivity index (χ0) is 22.6. The van der Waals surface area contributed by atoms with E-state index in [0.29, 0.717) is 13.1 Å². The van der Waals surface area contributed by atoms with Gasteiger partial charge in [-0.05, 0) is 24.6 Å². The van der Waals surface area contributed by atoms with Crippen LogP contribution in [0.1, 0.15) is 28.4 Å². The van der Waals surface area contributed by atoms with Crippen LogP contribution in [0.4, 0.5) is 0 Å². The molecule has 1 saturated heterocycles. The molecule has 3 aromatic rings. The van der Waals surface area contributed by atoms with Crippen molar-refractivity contribution < 1.29 is 9.53 Å². The lowest BCUT2D eigenvalue weighted by molar-refractivity contribution is -0.135. The molecule has 0 saturated carbocycles. The number of hydrogen-bond donors (Lipinski definition) is 1. The van der Waals surface area contributed by atoms with Crippen LogP contribution in [-0.2, 0) is 4.79 Å². The molecule has 1 N–H and O–H groups in total. The molecular formula is C27H28N4O2. The van der Waals surface area contributed by atoms with Crippen LogP contribution in [0.3, 0.4) is 0 Å². The van der Waals surface area contributed by atoms with Crippen LogP contribution in [0, 0.1) is 6.92 Å². The third-order valence-electron chi connectivity index (χ3n) is 6.27. The molecule has 0 aromatic heterocycles. The van der Waals surface area contributed by atoms with Crippen molar-refractivity contribution in [1.82, 2.24) is 15.2 Å². The summed E-state index contributed by atoms with van der Waals surface area (Å²) in [6.07, 6.45) is -0.00489. The number of aryl methyl sites for hydroxylation is 1. The molecule has 0 radical (unpaired) electrons. The SMILES string of the molecule is Cc1ccc(OCC(=O)N2CCN(C3NN=C(c4ccccc4)c4ccccc43)CC2)cc1. The molecule has 1 unspecified atom stereocenters. The fraction of sp³-hybridized carbons (Fsp3) is 0.259. The maximum atomic E-state index is 12.7. The number of carbonyl (C=O) groups excluding carboxylic acids is 1. The van der Waals surface area contributed by atoms with Gasteiger partial charge in [-0.15, -0.1) is 0 Å². The number of hydrogen-bond acceptors (Lipinski definition) is 5. The molecule has 1 atom stereocenters. The number of nitrogens with zero attached hydrogens (tertiary/aromatic N) is 3. The normalized spacial score (nSPS) is 18.2. The van der Waals surface area contributed by atoms with E-state index in [1.807, 2.05) is 54.3 Å². The zero-order valence-electron chi connectivity index (χ0n) is 18.8. The number of ether oxygens (including phenoxy) is 1. The van der Waals surface area contributed by atoms with Gasteiger partial charge in [0.25, 0.3) is 5.91 Å². The van der Waals surface area contributed by atoms with E-state index in [4.69, 9.17) is 9.84 Å². The Bertz CT molecular complexity index is 1140. The van der Waals surface area contributed by atoms with Crippen molar-refractivity contribution in [3.8, 4) is 5.75 Å². The van der Waals surface area contributed by atoms with E-state index in [0.717, 1.165) is 35.7 Å². The molecule has 0 spiro atoms. The maximum absolute atomic E-state index is 12.7. The van der Waals surface area contributed by atoms with Crippen LogP contribution in [0.15, 0.2) is 84.0 Å². The highest BCUT2D eigenvalue weighted by Crippen LogP contribution is 2.29. The molecule has 3 aromatic carbocycles. The van der Waals surface area contributed by atoms with E-state index in [9.17, 15) is 4.79 Å². The van der Waals surface area contributed by atoms with E-state index in [-0.39, 0.29) is 18.7 Å². The molecule has 0 bridgehead atoms. The Hall–Kier alpha value is -3.64. The number of rotatable bonds is 5. The summed E-state index contributed by atoms with van der Waals surface area (Å²) in [5.41, 5.74) is 8.97. The standard InChI is InChI=1S/C27H28N4O2/c1-20-11-13-22(14-12-20)33-19-25(32)30-15-17-31(18-16-30)27-24-10-6-5-9-23(24)26(28-29-27)21-7-3-2-4-8-21/h2-14,27,29H,15-19H2,1H3. The average Bonchev–Trinajstić information content (AvgIpc) is 2.88. The quantitative estimate of drug-likeness (QED) is 0.659. The third kappa shape index (κ3) is 4.61. The number of nitrogens with one attached hydrogen (secondary N) is 1. The molecule has 1 amide bonds. The van der Waals surface area contributed by atoms with Gasteiger partial charge in [0.1, 0.15) is 11.9 Å². The van der Waals surface area contributed by atoms with Crippen molar-refractivity contribution in [2.24, 2.45) is 5.10 Å². The summed E-state index contributed by atoms with van der Waals surface area (Å²) in [4.78, 5) is 16.9. The van der Waals surface area contributed by atoms with Gasteiger partial charge in [-0.2, -0.15) is 5.10 Å². The Morgan fingerprint density at radius 2 is 1.64 bits per heavy atom. The van der Waals surface area contributed by atoms with Crippen molar-refractivity contribution in [3.63, 3.8) is 0 Å². The lowest BCUT2D eigenvalue weighted by atomic mass is 9.94. The molecule has 5 rings (SSSR count). The Balaban J connectivity index is 1.22. The number of piperazine rings is 1. The summed E-state index contributed by atoms with van der Waals surface area (Å²) < 4.78 is 5.68. The summed E-state index contributed by atoms with van der Waals surface area (Å²) in [6, 6.07) is 26.5. The molecular weight excluding hydrogens is 412 g/mol. The highest BCUT2D eigenvalue weighted by molar-refractivity contribution is 6.14. The molecule has 6 heteroatoms. The Morgan fingerprint density at radius 1 is 0.939 bits per heavy atom. The van der Waals surface area contributed by atoms with Gasteiger partial charge in [0, 0.05) is 37.3 Å². The van der Waals surface area contributed by atoms with E-state index in [1.165, 1.54) is 11.1 Å². The summed E-state index contributed by atoms with van der Waals surface area (Å²) in [5, 5.41) is 4.75. The van der Waals surface area contributed by atoms with Crippen molar-refractivity contribution in [2.75, 3.05) is 32.8 Å². The Kier molecular flexibility index (Phi) is 6.09. The van der Waals surface area contributed by atoms with Crippen LogP contribution in [0.2, 0.25) is 0 Å². The van der Waals surface area contributed by atoms with Gasteiger partial charge in [0.15, 0.2) is 6.61 Å². The van der Waals surface area contributed by atoms with Gasteiger partial charge >= 0.3 is 0 Å². The molecule has 2 heterocycles. The van der Waals surface area contributed by atoms with Crippen molar-refractivity contribution in [3.05, 3.63) is 101 Å². The summed E-state index contributed by atoms with van der Waals surface area (Å²) >= 11 is 0. The average molecular weight is 441 g/mol. The number of fused-ring (bicyclic) bond motifs is 1. The topological polar surface area (TPSA) is 57.2 Å². The molecule has 168 valence electrons. The maximum Gasteiger partial charge on any atom is 0.260 e. The Labute approximate surface area is 194 Å². The molecule has 1 fully saturated rings. The first-order chi connectivity index (χ1) is 16.2. The number of hydrazone groups is 1. The smallest absolute Gasteiger partial charge is 0.260 e. The van der Waals surface area contributed by atoms with E-state index < -0.39 is 0 Å². The molecule has 2 aliphatic rings. The largest absolute Gasteiger partial charge is 0.484 e. The van der Waals surface area contributed by atoms with E-state index in [2.05, 4.69) is 46.7 Å². The van der Waals surface area contributed by atoms with Crippen LogP contribution < -0.4 is 10.2 Å². The molecule has 2 aliphatic heterocycles. The first-order valence-corrected chi connectivity index (χ1v) is 11.4. The van der Waals surface area contributed by atoms with Crippen LogP contribution in [-0.4, -0.2) is 54.2 Å². The van der Waals surface area contributed by atoms with E-state index >= 15 is 0 Å². The van der Waals surface area contributed by atoms with Crippen LogP contribution >= 0.6 is 0 Å². The van der Waals surface area contributed by atoms with Gasteiger partial charge in [-0.25, -0.2) is 0 Å².